The van der Waals surface area contributed by atoms with Crippen LogP contribution in [-0.4, -0.2) is 56.2 Å². The van der Waals surface area contributed by atoms with Crippen LogP contribution in [0.4, 0.5) is 11.4 Å². The van der Waals surface area contributed by atoms with Crippen LogP contribution in [0.2, 0.25) is 0 Å². The Balaban J connectivity index is 1.47. The number of fused-ring (bicyclic) bond motifs is 1. The van der Waals surface area contributed by atoms with Crippen molar-refractivity contribution in [2.45, 2.75) is 0 Å². The number of thiocarbonyl (C=S) groups is 1. The van der Waals surface area contributed by atoms with E-state index in [1.54, 1.807) is 6.07 Å². The van der Waals surface area contributed by atoms with Gasteiger partial charge in [0.15, 0.2) is 5.11 Å². The van der Waals surface area contributed by atoms with E-state index >= 15 is 0 Å². The molecule has 10 heteroatoms. The molecule has 4 rings (SSSR count). The summed E-state index contributed by atoms with van der Waals surface area (Å²) in [5.41, 5.74) is 2.18. The molecule has 1 saturated heterocycles. The molecule has 1 heterocycles. The molecule has 1 fully saturated rings. The molecule has 1 aliphatic rings. The average Bonchev–Trinajstić information content (AvgIpc) is 2.79. The largest absolute Gasteiger partial charge is 0.367 e. The number of sulfonamides is 1. The standard InChI is InChI=1S/C23H23BrN4O3S2/c1-33(30,31)28-14-12-27(13-15-28)21-11-3-2-10-20(21)25-23(32)26-22(29)18-8-4-7-17-16(18)6-5-9-19(17)24/h2-11H,12-15H2,1H3,(H2,25,26,29,32). The number of anilines is 2. The number of halogens is 1. The Bertz CT molecular complexity index is 1320. The van der Waals surface area contributed by atoms with Crippen LogP contribution in [-0.2, 0) is 10.0 Å². The lowest BCUT2D eigenvalue weighted by atomic mass is 10.0. The second-order valence-corrected chi connectivity index (χ2v) is 11.0. The van der Waals surface area contributed by atoms with E-state index in [9.17, 15) is 13.2 Å². The van der Waals surface area contributed by atoms with E-state index in [0.717, 1.165) is 26.6 Å². The first-order valence-electron chi connectivity index (χ1n) is 10.3. The number of hydrogen-bond donors (Lipinski definition) is 2. The molecule has 0 bridgehead atoms. The van der Waals surface area contributed by atoms with E-state index in [0.29, 0.717) is 31.7 Å². The number of carbonyl (C=O) groups is 1. The van der Waals surface area contributed by atoms with Crippen molar-refractivity contribution in [2.24, 2.45) is 0 Å². The lowest BCUT2D eigenvalue weighted by molar-refractivity contribution is 0.0979. The van der Waals surface area contributed by atoms with Gasteiger partial charge in [0.05, 0.1) is 17.6 Å². The summed E-state index contributed by atoms with van der Waals surface area (Å²) in [7, 11) is -3.20. The van der Waals surface area contributed by atoms with Gasteiger partial charge in [-0.2, -0.15) is 4.31 Å². The summed E-state index contributed by atoms with van der Waals surface area (Å²) in [6, 6.07) is 18.9. The fourth-order valence-corrected chi connectivity index (χ4v) is 5.44. The zero-order chi connectivity index (χ0) is 23.6. The van der Waals surface area contributed by atoms with Gasteiger partial charge in [-0.3, -0.25) is 10.1 Å². The predicted octanol–water partition coefficient (Wildman–Crippen LogP) is 3.81. The molecule has 2 N–H and O–H groups in total. The van der Waals surface area contributed by atoms with E-state index < -0.39 is 10.0 Å². The number of rotatable bonds is 4. The minimum absolute atomic E-state index is 0.189. The fourth-order valence-electron chi connectivity index (χ4n) is 3.91. The molecule has 0 saturated carbocycles. The molecule has 33 heavy (non-hydrogen) atoms. The molecule has 1 aliphatic heterocycles. The van der Waals surface area contributed by atoms with Crippen LogP contribution in [0.1, 0.15) is 10.4 Å². The van der Waals surface area contributed by atoms with E-state index in [2.05, 4.69) is 31.5 Å². The first-order chi connectivity index (χ1) is 15.7. The van der Waals surface area contributed by atoms with Gasteiger partial charge in [-0.1, -0.05) is 52.3 Å². The lowest BCUT2D eigenvalue weighted by Gasteiger charge is -2.35. The monoisotopic (exact) mass is 546 g/mol. The van der Waals surface area contributed by atoms with Crippen molar-refractivity contribution in [3.05, 3.63) is 70.7 Å². The van der Waals surface area contributed by atoms with Crippen LogP contribution in [0.15, 0.2) is 65.1 Å². The Kier molecular flexibility index (Phi) is 6.99. The second-order valence-electron chi connectivity index (χ2n) is 7.72. The summed E-state index contributed by atoms with van der Waals surface area (Å²) in [5.74, 6) is -0.296. The molecule has 1 amide bonds. The van der Waals surface area contributed by atoms with Crippen LogP contribution in [0.25, 0.3) is 10.8 Å². The average molecular weight is 548 g/mol. The van der Waals surface area contributed by atoms with Gasteiger partial charge in [0.2, 0.25) is 10.0 Å². The minimum atomic E-state index is -3.20. The summed E-state index contributed by atoms with van der Waals surface area (Å²) in [4.78, 5) is 15.1. The molecule has 172 valence electrons. The molecule has 0 atom stereocenters. The van der Waals surface area contributed by atoms with Gasteiger partial charge in [0.25, 0.3) is 5.91 Å². The highest BCUT2D eigenvalue weighted by Gasteiger charge is 2.24. The number of hydrogen-bond acceptors (Lipinski definition) is 5. The first kappa shape index (κ1) is 23.6. The number of benzene rings is 3. The van der Waals surface area contributed by atoms with Gasteiger partial charge in [0.1, 0.15) is 0 Å². The van der Waals surface area contributed by atoms with Crippen molar-refractivity contribution < 1.29 is 13.2 Å². The summed E-state index contributed by atoms with van der Waals surface area (Å²) in [5, 5.41) is 7.87. The number of amides is 1. The SMILES string of the molecule is CS(=O)(=O)N1CCN(c2ccccc2NC(=S)NC(=O)c2cccc3c(Br)cccc23)CC1. The van der Waals surface area contributed by atoms with E-state index in [1.807, 2.05) is 54.6 Å². The highest BCUT2D eigenvalue weighted by molar-refractivity contribution is 9.10. The summed E-state index contributed by atoms with van der Waals surface area (Å²) in [6.07, 6.45) is 1.23. The quantitative estimate of drug-likeness (QED) is 0.484. The Morgan fingerprint density at radius 3 is 2.33 bits per heavy atom. The van der Waals surface area contributed by atoms with Crippen LogP contribution in [0.3, 0.4) is 0 Å². The Morgan fingerprint density at radius 1 is 0.939 bits per heavy atom. The van der Waals surface area contributed by atoms with Crippen molar-refractivity contribution in [1.29, 1.82) is 0 Å². The summed E-state index contributed by atoms with van der Waals surface area (Å²) >= 11 is 8.96. The van der Waals surface area contributed by atoms with E-state index in [-0.39, 0.29) is 11.0 Å². The molecule has 0 unspecified atom stereocenters. The zero-order valence-corrected chi connectivity index (χ0v) is 21.1. The number of piperazine rings is 1. The topological polar surface area (TPSA) is 81.8 Å². The maximum absolute atomic E-state index is 13.0. The van der Waals surface area contributed by atoms with Crippen molar-refractivity contribution in [2.75, 3.05) is 42.7 Å². The van der Waals surface area contributed by atoms with Crippen LogP contribution in [0, 0.1) is 0 Å². The van der Waals surface area contributed by atoms with Gasteiger partial charge in [-0.25, -0.2) is 8.42 Å². The Morgan fingerprint density at radius 2 is 1.61 bits per heavy atom. The molecule has 0 radical (unpaired) electrons. The Labute approximate surface area is 206 Å². The predicted molar refractivity (Wildman–Crippen MR) is 140 cm³/mol. The highest BCUT2D eigenvalue weighted by atomic mass is 79.9. The Hall–Kier alpha value is -2.53. The molecular formula is C23H23BrN4O3S2. The molecule has 0 aromatic heterocycles. The molecule has 7 nitrogen and oxygen atoms in total. The molecule has 0 aliphatic carbocycles. The minimum Gasteiger partial charge on any atom is -0.367 e. The van der Waals surface area contributed by atoms with Crippen molar-refractivity contribution in [1.82, 2.24) is 9.62 Å². The lowest BCUT2D eigenvalue weighted by Crippen LogP contribution is -2.48. The number of carbonyl (C=O) groups excluding carboxylic acids is 1. The highest BCUT2D eigenvalue weighted by Crippen LogP contribution is 2.28. The van der Waals surface area contributed by atoms with Crippen molar-refractivity contribution in [3.63, 3.8) is 0 Å². The second kappa shape index (κ2) is 9.76. The van der Waals surface area contributed by atoms with Crippen LogP contribution >= 0.6 is 28.1 Å². The third kappa shape index (κ3) is 5.35. The van der Waals surface area contributed by atoms with E-state index in [1.165, 1.54) is 10.6 Å². The van der Waals surface area contributed by atoms with Crippen LogP contribution < -0.4 is 15.5 Å². The molecule has 3 aromatic carbocycles. The fraction of sp³-hybridized carbons (Fsp3) is 0.217. The van der Waals surface area contributed by atoms with E-state index in [4.69, 9.17) is 12.2 Å². The summed E-state index contributed by atoms with van der Waals surface area (Å²) < 4.78 is 26.0. The normalized spacial score (nSPS) is 14.8. The van der Waals surface area contributed by atoms with Crippen molar-refractivity contribution in [3.8, 4) is 0 Å². The number of nitrogens with zero attached hydrogens (tertiary/aromatic N) is 2. The molecule has 0 spiro atoms. The molecule has 3 aromatic rings. The zero-order valence-electron chi connectivity index (χ0n) is 17.9. The first-order valence-corrected chi connectivity index (χ1v) is 13.4. The van der Waals surface area contributed by atoms with Gasteiger partial charge >= 0.3 is 0 Å². The third-order valence-electron chi connectivity index (χ3n) is 5.54. The molecular weight excluding hydrogens is 524 g/mol. The van der Waals surface area contributed by atoms with Gasteiger partial charge in [0, 0.05) is 36.2 Å². The van der Waals surface area contributed by atoms with Gasteiger partial charge in [-0.15, -0.1) is 0 Å². The van der Waals surface area contributed by atoms with Gasteiger partial charge < -0.3 is 10.2 Å². The van der Waals surface area contributed by atoms with Crippen LogP contribution in [0.5, 0.6) is 0 Å². The summed E-state index contributed by atoms with van der Waals surface area (Å²) in [6.45, 7) is 1.97. The van der Waals surface area contributed by atoms with Crippen molar-refractivity contribution >= 4 is 71.3 Å². The number of nitrogens with one attached hydrogen (secondary N) is 2. The number of para-hydroxylation sites is 2. The maximum atomic E-state index is 13.0. The smallest absolute Gasteiger partial charge is 0.258 e. The maximum Gasteiger partial charge on any atom is 0.258 e. The van der Waals surface area contributed by atoms with Gasteiger partial charge in [-0.05, 0) is 47.3 Å². The third-order valence-corrected chi connectivity index (χ3v) is 7.74.